The van der Waals surface area contributed by atoms with Crippen LogP contribution in [0.15, 0.2) is 36.8 Å². The lowest BCUT2D eigenvalue weighted by Gasteiger charge is -2.35. The molecule has 12 heteroatoms. The summed E-state index contributed by atoms with van der Waals surface area (Å²) in [6.45, 7) is 1.32. The van der Waals surface area contributed by atoms with E-state index in [1.807, 2.05) is 0 Å². The molecule has 0 bridgehead atoms. The monoisotopic (exact) mass is 454 g/mol. The van der Waals surface area contributed by atoms with Crippen LogP contribution in [0.25, 0.3) is 0 Å². The molecule has 0 amide bonds. The molecule has 1 aromatic heterocycles. The number of nitrogens with zero attached hydrogens (tertiary/aromatic N) is 2. The Morgan fingerprint density at radius 1 is 1.07 bits per heavy atom. The third-order valence-electron chi connectivity index (χ3n) is 3.41. The summed E-state index contributed by atoms with van der Waals surface area (Å²) in [5, 5.41) is 0.357. The van der Waals surface area contributed by atoms with E-state index in [1.165, 1.54) is 43.7 Å². The SMILES string of the molecule is CC(OS(C)(=O)=O)(c1cnccn1)C(OS(C)(=O)=O)c1ccc(Cl)cc1Cl. The summed E-state index contributed by atoms with van der Waals surface area (Å²) in [4.78, 5) is 7.96. The first-order valence-corrected chi connectivity index (χ1v) is 11.7. The Morgan fingerprint density at radius 2 is 1.74 bits per heavy atom. The molecule has 0 aliphatic heterocycles. The Labute approximate surface area is 167 Å². The first kappa shape index (κ1) is 22.0. The van der Waals surface area contributed by atoms with Gasteiger partial charge in [-0.05, 0) is 19.1 Å². The summed E-state index contributed by atoms with van der Waals surface area (Å²) < 4.78 is 58.1. The zero-order chi connectivity index (χ0) is 20.5. The van der Waals surface area contributed by atoms with Crippen LogP contribution in [-0.2, 0) is 34.2 Å². The highest BCUT2D eigenvalue weighted by Gasteiger charge is 2.46. The Morgan fingerprint density at radius 3 is 2.22 bits per heavy atom. The van der Waals surface area contributed by atoms with Crippen molar-refractivity contribution < 1.29 is 25.2 Å². The third-order valence-corrected chi connectivity index (χ3v) is 5.17. The van der Waals surface area contributed by atoms with Crippen LogP contribution < -0.4 is 0 Å². The van der Waals surface area contributed by atoms with Crippen LogP contribution in [0, 0.1) is 0 Å². The van der Waals surface area contributed by atoms with E-state index in [4.69, 9.17) is 31.6 Å². The van der Waals surface area contributed by atoms with Crippen LogP contribution in [0.2, 0.25) is 10.0 Å². The molecular formula is C15H16Cl2N2O6S2. The molecule has 0 spiro atoms. The van der Waals surface area contributed by atoms with Crippen molar-refractivity contribution in [1.82, 2.24) is 9.97 Å². The number of hydrogen-bond acceptors (Lipinski definition) is 8. The minimum atomic E-state index is -4.07. The number of benzene rings is 1. The average molecular weight is 455 g/mol. The molecule has 2 aromatic rings. The van der Waals surface area contributed by atoms with Gasteiger partial charge in [-0.25, -0.2) is 0 Å². The lowest BCUT2D eigenvalue weighted by Crippen LogP contribution is -2.39. The van der Waals surface area contributed by atoms with Crippen molar-refractivity contribution in [2.75, 3.05) is 12.5 Å². The second-order valence-corrected chi connectivity index (χ2v) is 9.85. The fourth-order valence-corrected chi connectivity index (χ4v) is 4.37. The molecule has 0 fully saturated rings. The van der Waals surface area contributed by atoms with E-state index in [-0.39, 0.29) is 16.3 Å². The topological polar surface area (TPSA) is 113 Å². The van der Waals surface area contributed by atoms with E-state index >= 15 is 0 Å². The van der Waals surface area contributed by atoms with Crippen molar-refractivity contribution in [2.24, 2.45) is 0 Å². The van der Waals surface area contributed by atoms with Crippen LogP contribution in [0.5, 0.6) is 0 Å². The second-order valence-electron chi connectivity index (χ2n) is 5.83. The van der Waals surface area contributed by atoms with Gasteiger partial charge in [0.2, 0.25) is 0 Å². The molecule has 1 aromatic carbocycles. The molecule has 2 unspecified atom stereocenters. The van der Waals surface area contributed by atoms with Crippen molar-refractivity contribution in [2.45, 2.75) is 18.6 Å². The molecular weight excluding hydrogens is 439 g/mol. The molecule has 0 aliphatic carbocycles. The average Bonchev–Trinajstić information content (AvgIpc) is 2.51. The quantitative estimate of drug-likeness (QED) is 0.586. The molecule has 148 valence electrons. The van der Waals surface area contributed by atoms with Gasteiger partial charge in [-0.2, -0.15) is 16.8 Å². The first-order chi connectivity index (χ1) is 12.3. The van der Waals surface area contributed by atoms with Gasteiger partial charge in [-0.3, -0.25) is 18.3 Å². The van der Waals surface area contributed by atoms with Gasteiger partial charge >= 0.3 is 0 Å². The van der Waals surface area contributed by atoms with Crippen LogP contribution in [0.4, 0.5) is 0 Å². The number of aromatic nitrogens is 2. The number of hydrogen-bond donors (Lipinski definition) is 0. The molecule has 0 radical (unpaired) electrons. The predicted octanol–water partition coefficient (Wildman–Crippen LogP) is 2.69. The maximum atomic E-state index is 11.9. The van der Waals surface area contributed by atoms with E-state index in [0.717, 1.165) is 12.5 Å². The molecule has 0 N–H and O–H groups in total. The number of halogens is 2. The summed E-state index contributed by atoms with van der Waals surface area (Å²) >= 11 is 12.1. The van der Waals surface area contributed by atoms with E-state index in [1.54, 1.807) is 0 Å². The molecule has 0 aliphatic rings. The minimum absolute atomic E-state index is 0.0232. The lowest BCUT2D eigenvalue weighted by atomic mass is 9.90. The van der Waals surface area contributed by atoms with Crippen molar-refractivity contribution in [3.8, 4) is 0 Å². The van der Waals surface area contributed by atoms with Crippen LogP contribution in [0.1, 0.15) is 24.3 Å². The first-order valence-electron chi connectivity index (χ1n) is 7.32. The smallest absolute Gasteiger partial charge is 0.261 e. The van der Waals surface area contributed by atoms with E-state index < -0.39 is 31.9 Å². The third kappa shape index (κ3) is 5.84. The van der Waals surface area contributed by atoms with Gasteiger partial charge < -0.3 is 0 Å². The summed E-state index contributed by atoms with van der Waals surface area (Å²) in [5.41, 5.74) is -1.74. The molecule has 2 atom stereocenters. The normalized spacial score (nSPS) is 15.9. The second kappa shape index (κ2) is 7.98. The van der Waals surface area contributed by atoms with Crippen molar-refractivity contribution in [3.05, 3.63) is 58.1 Å². The molecule has 0 saturated heterocycles. The Kier molecular flexibility index (Phi) is 6.50. The van der Waals surface area contributed by atoms with E-state index in [0.29, 0.717) is 5.02 Å². The van der Waals surface area contributed by atoms with Crippen molar-refractivity contribution >= 4 is 43.4 Å². The summed E-state index contributed by atoms with van der Waals surface area (Å²) in [6, 6.07) is 4.24. The predicted molar refractivity (Wildman–Crippen MR) is 100 cm³/mol. The Balaban J connectivity index is 2.77. The van der Waals surface area contributed by atoms with Crippen LogP contribution in [0.3, 0.4) is 0 Å². The van der Waals surface area contributed by atoms with Gasteiger partial charge in [0.1, 0.15) is 6.10 Å². The highest BCUT2D eigenvalue weighted by Crippen LogP contribution is 2.44. The van der Waals surface area contributed by atoms with Crippen molar-refractivity contribution in [3.63, 3.8) is 0 Å². The highest BCUT2D eigenvalue weighted by molar-refractivity contribution is 7.86. The fraction of sp³-hybridized carbons (Fsp3) is 0.333. The van der Waals surface area contributed by atoms with Gasteiger partial charge in [0, 0.05) is 28.0 Å². The molecule has 0 saturated carbocycles. The maximum absolute atomic E-state index is 11.9. The summed E-state index contributed by atoms with van der Waals surface area (Å²) in [5.74, 6) is 0. The van der Waals surface area contributed by atoms with Gasteiger partial charge in [-0.1, -0.05) is 29.3 Å². The summed E-state index contributed by atoms with van der Waals surface area (Å²) in [6.07, 6.45) is 4.06. The fourth-order valence-electron chi connectivity index (χ4n) is 2.42. The van der Waals surface area contributed by atoms with E-state index in [9.17, 15) is 16.8 Å². The van der Waals surface area contributed by atoms with Crippen LogP contribution in [-0.4, -0.2) is 39.3 Å². The zero-order valence-electron chi connectivity index (χ0n) is 14.5. The minimum Gasteiger partial charge on any atom is -0.261 e. The van der Waals surface area contributed by atoms with Gasteiger partial charge in [0.25, 0.3) is 20.2 Å². The Bertz CT molecular complexity index is 1030. The summed E-state index contributed by atoms with van der Waals surface area (Å²) in [7, 11) is -8.13. The standard InChI is InChI=1S/C15H16Cl2N2O6S2/c1-15(25-27(3,22)23,13-9-18-6-7-19-13)14(24-26(2,20)21)11-5-4-10(16)8-12(11)17/h4-9,14H,1-3H3. The zero-order valence-corrected chi connectivity index (χ0v) is 17.6. The van der Waals surface area contributed by atoms with Crippen molar-refractivity contribution in [1.29, 1.82) is 0 Å². The molecule has 8 nitrogen and oxygen atoms in total. The van der Waals surface area contributed by atoms with Gasteiger partial charge in [0.15, 0.2) is 5.60 Å². The highest BCUT2D eigenvalue weighted by atomic mass is 35.5. The molecule has 2 rings (SSSR count). The van der Waals surface area contributed by atoms with E-state index in [2.05, 4.69) is 9.97 Å². The molecule has 27 heavy (non-hydrogen) atoms. The lowest BCUT2D eigenvalue weighted by molar-refractivity contribution is -0.0283. The van der Waals surface area contributed by atoms with Gasteiger partial charge in [0.05, 0.1) is 24.4 Å². The Hall–Kier alpha value is -1.30. The van der Waals surface area contributed by atoms with Crippen LogP contribution >= 0.6 is 23.2 Å². The van der Waals surface area contributed by atoms with Gasteiger partial charge in [-0.15, -0.1) is 0 Å². The number of rotatable bonds is 7. The molecule has 1 heterocycles. The largest absolute Gasteiger partial charge is 0.265 e. The maximum Gasteiger partial charge on any atom is 0.265 e.